The van der Waals surface area contributed by atoms with E-state index in [1.165, 1.54) is 18.4 Å². The average Bonchev–Trinajstić information content (AvgIpc) is 3.30. The number of para-hydroxylation sites is 1. The number of carbonyl (C=O) groups excluding carboxylic acids is 2. The van der Waals surface area contributed by atoms with Crippen LogP contribution in [0.2, 0.25) is 0 Å². The van der Waals surface area contributed by atoms with Crippen LogP contribution in [0, 0.1) is 5.92 Å². The summed E-state index contributed by atoms with van der Waals surface area (Å²) in [7, 11) is 1.37. The summed E-state index contributed by atoms with van der Waals surface area (Å²) in [6.07, 6.45) is 5.05. The molecular weight excluding hydrogens is 436 g/mol. The molecule has 0 atom stereocenters. The Bertz CT molecular complexity index is 1040. The van der Waals surface area contributed by atoms with E-state index in [9.17, 15) is 9.59 Å². The lowest BCUT2D eigenvalue weighted by Gasteiger charge is -2.30. The van der Waals surface area contributed by atoms with Crippen molar-refractivity contribution in [1.29, 1.82) is 0 Å². The van der Waals surface area contributed by atoms with Crippen molar-refractivity contribution in [3.63, 3.8) is 0 Å². The zero-order valence-corrected chi connectivity index (χ0v) is 19.8. The monoisotopic (exact) mass is 466 g/mol. The van der Waals surface area contributed by atoms with Crippen LogP contribution in [0.5, 0.6) is 5.75 Å². The zero-order chi connectivity index (χ0) is 23.0. The lowest BCUT2D eigenvalue weighted by Crippen LogP contribution is -2.36. The summed E-state index contributed by atoms with van der Waals surface area (Å²) in [5, 5.41) is 0.662. The molecule has 0 amide bonds. The first-order valence-electron chi connectivity index (χ1n) is 11.6. The van der Waals surface area contributed by atoms with E-state index in [0.29, 0.717) is 17.2 Å². The summed E-state index contributed by atoms with van der Waals surface area (Å²) in [5.74, 6) is 0.739. The Labute approximate surface area is 198 Å². The Morgan fingerprint density at radius 2 is 1.79 bits per heavy atom. The first kappa shape index (κ1) is 23.4. The molecule has 1 saturated heterocycles. The molecule has 174 valence electrons. The topological polar surface area (TPSA) is 68.7 Å². The number of aromatic nitrogens is 1. The Morgan fingerprint density at radius 1 is 1.03 bits per heavy atom. The number of hydrogen-bond acceptors (Lipinski definition) is 7. The van der Waals surface area contributed by atoms with E-state index < -0.39 is 0 Å². The molecule has 33 heavy (non-hydrogen) atoms. The number of piperidine rings is 1. The molecule has 2 aromatic carbocycles. The third kappa shape index (κ3) is 6.18. The number of carbonyl (C=O) groups is 2. The van der Waals surface area contributed by atoms with Gasteiger partial charge in [0.2, 0.25) is 0 Å². The fourth-order valence-corrected chi connectivity index (χ4v) is 5.16. The standard InChI is InChI=1S/C26H30N2O4S/c1-31-26(30)20-9-11-21(12-10-20)32-18-6-2-5-15-28-16-13-19(14-17-28)24(29)25-27-22-7-3-4-8-23(22)33-25/h3-4,7-12,19H,2,5-6,13-18H2,1H3. The van der Waals surface area contributed by atoms with Gasteiger partial charge in [-0.2, -0.15) is 0 Å². The number of rotatable bonds is 10. The van der Waals surface area contributed by atoms with Crippen LogP contribution >= 0.6 is 11.3 Å². The summed E-state index contributed by atoms with van der Waals surface area (Å²) >= 11 is 1.52. The lowest BCUT2D eigenvalue weighted by atomic mass is 9.92. The van der Waals surface area contributed by atoms with Crippen LogP contribution in [0.4, 0.5) is 0 Å². The Balaban J connectivity index is 1.10. The van der Waals surface area contributed by atoms with Gasteiger partial charge in [-0.15, -0.1) is 11.3 Å². The largest absolute Gasteiger partial charge is 0.494 e. The second-order valence-electron chi connectivity index (χ2n) is 8.39. The van der Waals surface area contributed by atoms with Crippen molar-refractivity contribution in [3.05, 3.63) is 59.1 Å². The van der Waals surface area contributed by atoms with E-state index in [4.69, 9.17) is 9.47 Å². The molecule has 3 aromatic rings. The molecule has 7 heteroatoms. The predicted molar refractivity (Wildman–Crippen MR) is 130 cm³/mol. The lowest BCUT2D eigenvalue weighted by molar-refractivity contribution is 0.0600. The van der Waals surface area contributed by atoms with E-state index in [1.54, 1.807) is 24.3 Å². The Morgan fingerprint density at radius 3 is 2.52 bits per heavy atom. The summed E-state index contributed by atoms with van der Waals surface area (Å²) in [5.41, 5.74) is 1.45. The molecule has 0 spiro atoms. The quantitative estimate of drug-likeness (QED) is 0.232. The molecule has 1 fully saturated rings. The van der Waals surface area contributed by atoms with E-state index in [0.717, 1.165) is 67.7 Å². The Hall–Kier alpha value is -2.77. The van der Waals surface area contributed by atoms with Crippen LogP contribution in [-0.2, 0) is 4.74 Å². The molecule has 0 bridgehead atoms. The molecule has 0 saturated carbocycles. The second kappa shape index (κ2) is 11.4. The van der Waals surface area contributed by atoms with Gasteiger partial charge < -0.3 is 14.4 Å². The Kier molecular flexibility index (Phi) is 8.07. The highest BCUT2D eigenvalue weighted by Gasteiger charge is 2.27. The van der Waals surface area contributed by atoms with Crippen LogP contribution in [0.25, 0.3) is 10.2 Å². The number of likely N-dealkylation sites (tertiary alicyclic amines) is 1. The first-order valence-corrected chi connectivity index (χ1v) is 12.4. The van der Waals surface area contributed by atoms with Crippen molar-refractivity contribution in [2.24, 2.45) is 5.92 Å². The normalized spacial score (nSPS) is 14.9. The van der Waals surface area contributed by atoms with Crippen LogP contribution in [0.1, 0.15) is 52.3 Å². The highest BCUT2D eigenvalue weighted by atomic mass is 32.1. The van der Waals surface area contributed by atoms with Gasteiger partial charge >= 0.3 is 5.97 Å². The molecule has 0 aliphatic carbocycles. The van der Waals surface area contributed by atoms with Gasteiger partial charge in [-0.05, 0) is 88.1 Å². The minimum atomic E-state index is -0.341. The number of hydrogen-bond donors (Lipinski definition) is 0. The molecule has 1 aliphatic heterocycles. The molecule has 1 aromatic heterocycles. The number of ether oxygens (including phenoxy) is 2. The van der Waals surface area contributed by atoms with Crippen LogP contribution in [0.15, 0.2) is 48.5 Å². The zero-order valence-electron chi connectivity index (χ0n) is 19.0. The number of ketones is 1. The van der Waals surface area contributed by atoms with Crippen molar-refractivity contribution in [2.45, 2.75) is 32.1 Å². The maximum atomic E-state index is 12.9. The molecule has 1 aliphatic rings. The number of unbranched alkanes of at least 4 members (excludes halogenated alkanes) is 2. The van der Waals surface area contributed by atoms with Crippen molar-refractivity contribution in [2.75, 3.05) is 33.4 Å². The van der Waals surface area contributed by atoms with Crippen LogP contribution in [-0.4, -0.2) is 55.0 Å². The molecule has 0 radical (unpaired) electrons. The van der Waals surface area contributed by atoms with Gasteiger partial charge in [0.25, 0.3) is 0 Å². The summed E-state index contributed by atoms with van der Waals surface area (Å²) in [6.45, 7) is 3.68. The minimum Gasteiger partial charge on any atom is -0.494 e. The van der Waals surface area contributed by atoms with E-state index >= 15 is 0 Å². The van der Waals surface area contributed by atoms with Crippen LogP contribution < -0.4 is 4.74 Å². The van der Waals surface area contributed by atoms with Gasteiger partial charge in [0, 0.05) is 5.92 Å². The maximum absolute atomic E-state index is 12.9. The smallest absolute Gasteiger partial charge is 0.337 e. The van der Waals surface area contributed by atoms with Crippen LogP contribution in [0.3, 0.4) is 0 Å². The molecule has 0 unspecified atom stereocenters. The highest BCUT2D eigenvalue weighted by Crippen LogP contribution is 2.27. The highest BCUT2D eigenvalue weighted by molar-refractivity contribution is 7.20. The molecule has 0 N–H and O–H groups in total. The number of benzene rings is 2. The number of esters is 1. The average molecular weight is 467 g/mol. The third-order valence-electron chi connectivity index (χ3n) is 6.13. The van der Waals surface area contributed by atoms with Crippen molar-refractivity contribution < 1.29 is 19.1 Å². The SMILES string of the molecule is COC(=O)c1ccc(OCCCCCN2CCC(C(=O)c3nc4ccccc4s3)CC2)cc1. The van der Waals surface area contributed by atoms with Gasteiger partial charge in [-0.25, -0.2) is 9.78 Å². The van der Waals surface area contributed by atoms with E-state index in [2.05, 4.69) is 9.88 Å². The molecule has 4 rings (SSSR count). The summed E-state index contributed by atoms with van der Waals surface area (Å²) in [6, 6.07) is 15.0. The number of thiazole rings is 1. The fraction of sp³-hybridized carbons (Fsp3) is 0.423. The number of nitrogens with zero attached hydrogens (tertiary/aromatic N) is 2. The second-order valence-corrected chi connectivity index (χ2v) is 9.42. The van der Waals surface area contributed by atoms with Gasteiger partial charge in [-0.3, -0.25) is 4.79 Å². The van der Waals surface area contributed by atoms with Crippen molar-refractivity contribution in [3.8, 4) is 5.75 Å². The van der Waals surface area contributed by atoms with Gasteiger partial charge in [0.05, 0.1) is 29.5 Å². The molecular formula is C26H30N2O4S. The van der Waals surface area contributed by atoms with Crippen molar-refractivity contribution >= 4 is 33.3 Å². The number of Topliss-reactive ketones (excluding diaryl/α,β-unsaturated/α-hetero) is 1. The summed E-state index contributed by atoms with van der Waals surface area (Å²) in [4.78, 5) is 31.3. The maximum Gasteiger partial charge on any atom is 0.337 e. The first-order chi connectivity index (χ1) is 16.1. The van der Waals surface area contributed by atoms with E-state index in [1.807, 2.05) is 24.3 Å². The van der Waals surface area contributed by atoms with Gasteiger partial charge in [0.1, 0.15) is 5.75 Å². The molecule has 2 heterocycles. The molecule has 6 nitrogen and oxygen atoms in total. The minimum absolute atomic E-state index is 0.0979. The number of fused-ring (bicyclic) bond motifs is 1. The summed E-state index contributed by atoms with van der Waals surface area (Å²) < 4.78 is 11.5. The number of methoxy groups -OCH3 is 1. The third-order valence-corrected chi connectivity index (χ3v) is 7.18. The van der Waals surface area contributed by atoms with Gasteiger partial charge in [0.15, 0.2) is 10.8 Å². The fourth-order valence-electron chi connectivity index (χ4n) is 4.18. The van der Waals surface area contributed by atoms with Gasteiger partial charge in [-0.1, -0.05) is 12.1 Å². The predicted octanol–water partition coefficient (Wildman–Crippen LogP) is 5.23. The van der Waals surface area contributed by atoms with Crippen molar-refractivity contribution in [1.82, 2.24) is 9.88 Å². The van der Waals surface area contributed by atoms with E-state index in [-0.39, 0.29) is 17.7 Å².